The highest BCUT2D eigenvalue weighted by Crippen LogP contribution is 2.23. The van der Waals surface area contributed by atoms with Gasteiger partial charge in [-0.1, -0.05) is 38.1 Å². The second kappa shape index (κ2) is 3.69. The summed E-state index contributed by atoms with van der Waals surface area (Å²) in [5.74, 6) is 0. The lowest BCUT2D eigenvalue weighted by Crippen LogP contribution is -2.19. The van der Waals surface area contributed by atoms with Crippen LogP contribution in [0, 0.1) is 0 Å². The van der Waals surface area contributed by atoms with E-state index in [0.29, 0.717) is 5.56 Å². The van der Waals surface area contributed by atoms with E-state index in [1.54, 1.807) is 24.3 Å². The molecule has 1 aromatic rings. The van der Waals surface area contributed by atoms with Crippen molar-refractivity contribution in [2.24, 2.45) is 0 Å². The van der Waals surface area contributed by atoms with Gasteiger partial charge in [0.2, 0.25) is 0 Å². The van der Waals surface area contributed by atoms with E-state index in [1.165, 1.54) is 0 Å². The lowest BCUT2D eigenvalue weighted by Gasteiger charge is -2.20. The van der Waals surface area contributed by atoms with Crippen LogP contribution in [0.1, 0.15) is 29.8 Å². The fourth-order valence-electron chi connectivity index (χ4n) is 1.09. The van der Waals surface area contributed by atoms with Gasteiger partial charge in [0.25, 0.3) is 0 Å². The molecule has 1 aromatic carbocycles. The van der Waals surface area contributed by atoms with Crippen molar-refractivity contribution in [3.8, 4) is 0 Å². The average molecular weight is 180 g/mol. The Labute approximate surface area is 77.6 Å². The van der Waals surface area contributed by atoms with Gasteiger partial charge in [-0.15, -0.1) is 0 Å². The monoisotopic (exact) mass is 180 g/mol. The van der Waals surface area contributed by atoms with E-state index in [4.69, 9.17) is 0 Å². The summed E-state index contributed by atoms with van der Waals surface area (Å²) in [5, 5.41) is 0. The molecule has 0 unspecified atom stereocenters. The summed E-state index contributed by atoms with van der Waals surface area (Å²) < 4.78 is 12.6. The van der Waals surface area contributed by atoms with Crippen molar-refractivity contribution in [2.45, 2.75) is 19.3 Å². The molecule has 0 radical (unpaired) electrons. The summed E-state index contributed by atoms with van der Waals surface area (Å²) in [5.41, 5.74) is 1.08. The minimum absolute atomic E-state index is 0.395. The molecule has 0 heterocycles. The third-order valence-electron chi connectivity index (χ3n) is 2.16. The predicted octanol–water partition coefficient (Wildman–Crippen LogP) is 2.75. The Balaban J connectivity index is 2.98. The van der Waals surface area contributed by atoms with E-state index in [1.807, 2.05) is 13.8 Å². The standard InChI is InChI=1S/C11H13FO/c1-11(2,8-12)10-5-3-9(7-13)4-6-10/h3-7H,8H2,1-2H3. The molecule has 0 aliphatic rings. The van der Waals surface area contributed by atoms with Crippen molar-refractivity contribution >= 4 is 6.29 Å². The highest BCUT2D eigenvalue weighted by atomic mass is 19.1. The van der Waals surface area contributed by atoms with Crippen molar-refractivity contribution in [3.05, 3.63) is 35.4 Å². The quantitative estimate of drug-likeness (QED) is 0.654. The van der Waals surface area contributed by atoms with Crippen LogP contribution in [0.15, 0.2) is 24.3 Å². The number of hydrogen-bond acceptors (Lipinski definition) is 1. The molecule has 0 saturated carbocycles. The zero-order valence-corrected chi connectivity index (χ0v) is 7.88. The molecular weight excluding hydrogens is 167 g/mol. The Morgan fingerprint density at radius 2 is 1.85 bits per heavy atom. The highest BCUT2D eigenvalue weighted by molar-refractivity contribution is 5.74. The molecule has 1 nitrogen and oxygen atoms in total. The van der Waals surface area contributed by atoms with Crippen molar-refractivity contribution in [3.63, 3.8) is 0 Å². The largest absolute Gasteiger partial charge is 0.298 e. The van der Waals surface area contributed by atoms with E-state index in [-0.39, 0.29) is 0 Å². The molecule has 0 aromatic heterocycles. The number of alkyl halides is 1. The zero-order chi connectivity index (χ0) is 9.90. The minimum atomic E-state index is -0.457. The number of aldehydes is 1. The van der Waals surface area contributed by atoms with Crippen LogP contribution in [0.3, 0.4) is 0 Å². The molecule has 2 heteroatoms. The van der Waals surface area contributed by atoms with Gasteiger partial charge in [0.05, 0.1) is 6.67 Å². The molecule has 70 valence electrons. The van der Waals surface area contributed by atoms with E-state index in [2.05, 4.69) is 0 Å². The minimum Gasteiger partial charge on any atom is -0.298 e. The first kappa shape index (κ1) is 9.90. The number of halogens is 1. The van der Waals surface area contributed by atoms with Gasteiger partial charge >= 0.3 is 0 Å². The van der Waals surface area contributed by atoms with Gasteiger partial charge in [0.15, 0.2) is 0 Å². The fraction of sp³-hybridized carbons (Fsp3) is 0.364. The first-order valence-electron chi connectivity index (χ1n) is 4.22. The third kappa shape index (κ3) is 2.14. The first-order valence-corrected chi connectivity index (χ1v) is 4.22. The molecule has 1 rings (SSSR count). The van der Waals surface area contributed by atoms with Crippen LogP contribution < -0.4 is 0 Å². The summed E-state index contributed by atoms with van der Waals surface area (Å²) in [6, 6.07) is 7.01. The number of benzene rings is 1. The summed E-state index contributed by atoms with van der Waals surface area (Å²) in [4.78, 5) is 10.4. The zero-order valence-electron chi connectivity index (χ0n) is 7.88. The Kier molecular flexibility index (Phi) is 2.81. The van der Waals surface area contributed by atoms with Crippen molar-refractivity contribution in [1.29, 1.82) is 0 Å². The maximum Gasteiger partial charge on any atom is 0.150 e. The summed E-state index contributed by atoms with van der Waals surface area (Å²) in [6.07, 6.45) is 0.784. The van der Waals surface area contributed by atoms with E-state index in [9.17, 15) is 9.18 Å². The van der Waals surface area contributed by atoms with Crippen LogP contribution in [-0.4, -0.2) is 13.0 Å². The molecule has 0 N–H and O–H groups in total. The molecule has 0 atom stereocenters. The molecule has 0 aliphatic carbocycles. The van der Waals surface area contributed by atoms with E-state index < -0.39 is 12.1 Å². The van der Waals surface area contributed by atoms with E-state index >= 15 is 0 Å². The van der Waals surface area contributed by atoms with Gasteiger partial charge in [0, 0.05) is 11.0 Å². The van der Waals surface area contributed by atoms with Crippen LogP contribution in [-0.2, 0) is 5.41 Å². The Bertz CT molecular complexity index is 287. The second-order valence-electron chi connectivity index (χ2n) is 3.76. The lowest BCUT2D eigenvalue weighted by molar-refractivity contribution is 0.112. The summed E-state index contributed by atoms with van der Waals surface area (Å²) >= 11 is 0. The van der Waals surface area contributed by atoms with Crippen LogP contribution in [0.25, 0.3) is 0 Å². The fourth-order valence-corrected chi connectivity index (χ4v) is 1.09. The molecule has 0 amide bonds. The molecule has 0 fully saturated rings. The third-order valence-corrected chi connectivity index (χ3v) is 2.16. The SMILES string of the molecule is CC(C)(CF)c1ccc(C=O)cc1. The summed E-state index contributed by atoms with van der Waals surface area (Å²) in [7, 11) is 0. The maximum atomic E-state index is 12.6. The topological polar surface area (TPSA) is 17.1 Å². The average Bonchev–Trinajstić information content (AvgIpc) is 2.18. The smallest absolute Gasteiger partial charge is 0.150 e. The van der Waals surface area contributed by atoms with Crippen LogP contribution in [0.5, 0.6) is 0 Å². The predicted molar refractivity (Wildman–Crippen MR) is 50.8 cm³/mol. The second-order valence-corrected chi connectivity index (χ2v) is 3.76. The van der Waals surface area contributed by atoms with Crippen LogP contribution in [0.4, 0.5) is 4.39 Å². The lowest BCUT2D eigenvalue weighted by atomic mass is 9.86. The van der Waals surface area contributed by atoms with Gasteiger partial charge in [-0.2, -0.15) is 0 Å². The Morgan fingerprint density at radius 1 is 1.31 bits per heavy atom. The van der Waals surface area contributed by atoms with Gasteiger partial charge in [-0.3, -0.25) is 9.18 Å². The van der Waals surface area contributed by atoms with Crippen LogP contribution >= 0.6 is 0 Å². The van der Waals surface area contributed by atoms with Gasteiger partial charge in [-0.05, 0) is 5.56 Å². The van der Waals surface area contributed by atoms with Crippen molar-refractivity contribution in [1.82, 2.24) is 0 Å². The normalized spacial score (nSPS) is 11.3. The first-order chi connectivity index (χ1) is 6.10. The van der Waals surface area contributed by atoms with Crippen LogP contribution in [0.2, 0.25) is 0 Å². The Morgan fingerprint density at radius 3 is 2.23 bits per heavy atom. The van der Waals surface area contributed by atoms with Gasteiger partial charge < -0.3 is 0 Å². The number of carbonyl (C=O) groups excluding carboxylic acids is 1. The van der Waals surface area contributed by atoms with Gasteiger partial charge in [0.1, 0.15) is 6.29 Å². The van der Waals surface area contributed by atoms with E-state index in [0.717, 1.165) is 11.8 Å². The van der Waals surface area contributed by atoms with Crippen molar-refractivity contribution < 1.29 is 9.18 Å². The molecule has 0 aliphatic heterocycles. The molecule has 0 saturated heterocycles. The number of hydrogen-bond donors (Lipinski definition) is 0. The molecule has 13 heavy (non-hydrogen) atoms. The number of rotatable bonds is 3. The highest BCUT2D eigenvalue weighted by Gasteiger charge is 2.19. The molecule has 0 bridgehead atoms. The molecule has 0 spiro atoms. The summed E-state index contributed by atoms with van der Waals surface area (Å²) in [6.45, 7) is 3.28. The maximum absolute atomic E-state index is 12.6. The van der Waals surface area contributed by atoms with Crippen molar-refractivity contribution in [2.75, 3.05) is 6.67 Å². The van der Waals surface area contributed by atoms with Gasteiger partial charge in [-0.25, -0.2) is 0 Å². The Hall–Kier alpha value is -1.18. The molecular formula is C11H13FO. The number of carbonyl (C=O) groups is 1.